The van der Waals surface area contributed by atoms with Crippen LogP contribution in [0.15, 0.2) is 59.6 Å². The van der Waals surface area contributed by atoms with E-state index in [1.165, 1.54) is 48.2 Å². The molecular formula is C21H24N2. The zero-order chi connectivity index (χ0) is 15.5. The largest absolute Gasteiger partial charge is 0.372 e. The molecule has 0 radical (unpaired) electrons. The highest BCUT2D eigenvalue weighted by atomic mass is 15.1. The lowest BCUT2D eigenvalue weighted by Gasteiger charge is -2.29. The number of rotatable bonds is 3. The van der Waals surface area contributed by atoms with Crippen LogP contribution in [0.3, 0.4) is 0 Å². The van der Waals surface area contributed by atoms with Crippen molar-refractivity contribution in [3.05, 3.63) is 60.2 Å². The molecule has 1 unspecified atom stereocenters. The Morgan fingerprint density at radius 2 is 1.57 bits per heavy atom. The minimum absolute atomic E-state index is 0.644. The van der Waals surface area contributed by atoms with Crippen molar-refractivity contribution in [2.24, 2.45) is 10.9 Å². The van der Waals surface area contributed by atoms with E-state index in [4.69, 9.17) is 0 Å². The first-order valence-electron chi connectivity index (χ1n) is 8.84. The van der Waals surface area contributed by atoms with Gasteiger partial charge in [-0.05, 0) is 41.9 Å². The first-order valence-corrected chi connectivity index (χ1v) is 8.84. The molecule has 0 amide bonds. The Kier molecular flexibility index (Phi) is 4.14. The normalized spacial score (nSPS) is 24.1. The molecule has 0 bridgehead atoms. The predicted molar refractivity (Wildman–Crippen MR) is 96.9 cm³/mol. The first kappa shape index (κ1) is 14.5. The van der Waals surface area contributed by atoms with Gasteiger partial charge < -0.3 is 5.32 Å². The predicted octanol–water partition coefficient (Wildman–Crippen LogP) is 4.63. The van der Waals surface area contributed by atoms with Gasteiger partial charge in [-0.15, -0.1) is 0 Å². The highest BCUT2D eigenvalue weighted by molar-refractivity contribution is 5.86. The van der Waals surface area contributed by atoms with E-state index in [2.05, 4.69) is 64.9 Å². The average Bonchev–Trinajstić information content (AvgIpc) is 3.18. The van der Waals surface area contributed by atoms with Crippen LogP contribution in [0.25, 0.3) is 11.1 Å². The van der Waals surface area contributed by atoms with Gasteiger partial charge in [-0.25, -0.2) is 0 Å². The van der Waals surface area contributed by atoms with E-state index >= 15 is 0 Å². The smallest absolute Gasteiger partial charge is 0.0996 e. The maximum Gasteiger partial charge on any atom is 0.0996 e. The standard InChI is InChI=1S/C21H24N2/c1-2-5-16(6-3-1)17-9-11-18(12-10-17)19-7-4-8-20(15-19)21-22-13-14-23-21/h1-3,5-6,9-12,19-20H,4,7-8,13-15H2,(H,22,23)/t19-,20?/m0/s1. The summed E-state index contributed by atoms with van der Waals surface area (Å²) >= 11 is 0. The molecule has 4 rings (SSSR count). The van der Waals surface area contributed by atoms with Crippen LogP contribution in [0.2, 0.25) is 0 Å². The zero-order valence-corrected chi connectivity index (χ0v) is 13.5. The number of hydrogen-bond acceptors (Lipinski definition) is 2. The number of hydrogen-bond donors (Lipinski definition) is 1. The summed E-state index contributed by atoms with van der Waals surface area (Å²) in [6, 6.07) is 19.8. The van der Waals surface area contributed by atoms with E-state index in [0.717, 1.165) is 13.1 Å². The van der Waals surface area contributed by atoms with Gasteiger partial charge in [-0.2, -0.15) is 0 Å². The van der Waals surface area contributed by atoms with Crippen LogP contribution in [0, 0.1) is 5.92 Å². The number of nitrogens with zero attached hydrogens (tertiary/aromatic N) is 1. The number of nitrogens with one attached hydrogen (secondary N) is 1. The fraction of sp³-hybridized carbons (Fsp3) is 0.381. The van der Waals surface area contributed by atoms with E-state index in [9.17, 15) is 0 Å². The maximum atomic E-state index is 4.65. The number of amidine groups is 1. The van der Waals surface area contributed by atoms with Gasteiger partial charge in [0.1, 0.15) is 0 Å². The third-order valence-electron chi connectivity index (χ3n) is 5.25. The minimum Gasteiger partial charge on any atom is -0.372 e. The maximum absolute atomic E-state index is 4.65. The summed E-state index contributed by atoms with van der Waals surface area (Å²) in [5, 5.41) is 3.48. The molecule has 2 aromatic rings. The number of aliphatic imine (C=N–C) groups is 1. The molecule has 0 spiro atoms. The Hall–Kier alpha value is -2.09. The minimum atomic E-state index is 0.644. The van der Waals surface area contributed by atoms with Crippen molar-refractivity contribution in [3.63, 3.8) is 0 Å². The van der Waals surface area contributed by atoms with E-state index < -0.39 is 0 Å². The summed E-state index contributed by atoms with van der Waals surface area (Å²) in [5.41, 5.74) is 4.10. The van der Waals surface area contributed by atoms with Crippen LogP contribution in [-0.2, 0) is 0 Å². The Labute approximate surface area is 138 Å². The molecule has 1 heterocycles. The van der Waals surface area contributed by atoms with Crippen molar-refractivity contribution in [3.8, 4) is 11.1 Å². The van der Waals surface area contributed by atoms with Gasteiger partial charge in [0.2, 0.25) is 0 Å². The van der Waals surface area contributed by atoms with Crippen LogP contribution >= 0.6 is 0 Å². The molecule has 118 valence electrons. The van der Waals surface area contributed by atoms with E-state index in [0.29, 0.717) is 11.8 Å². The van der Waals surface area contributed by atoms with E-state index in [1.807, 2.05) is 0 Å². The number of benzene rings is 2. The summed E-state index contributed by atoms with van der Waals surface area (Å²) in [4.78, 5) is 4.65. The Bertz CT molecular complexity index is 673. The van der Waals surface area contributed by atoms with Crippen molar-refractivity contribution in [2.75, 3.05) is 13.1 Å². The lowest BCUT2D eigenvalue weighted by atomic mass is 9.77. The summed E-state index contributed by atoms with van der Waals surface area (Å²) in [6.45, 7) is 1.99. The lowest BCUT2D eigenvalue weighted by molar-refractivity contribution is 0.386. The SMILES string of the molecule is c1ccc(-c2ccc([C@H]3CCCC(C4=NCCN4)C3)cc2)cc1. The molecule has 1 aliphatic carbocycles. The van der Waals surface area contributed by atoms with Gasteiger partial charge in [-0.3, -0.25) is 4.99 Å². The average molecular weight is 304 g/mol. The second kappa shape index (κ2) is 6.57. The van der Waals surface area contributed by atoms with Crippen LogP contribution in [0.1, 0.15) is 37.2 Å². The highest BCUT2D eigenvalue weighted by Gasteiger charge is 2.27. The van der Waals surface area contributed by atoms with Crippen molar-refractivity contribution in [2.45, 2.75) is 31.6 Å². The summed E-state index contributed by atoms with van der Waals surface area (Å²) in [6.07, 6.45) is 5.17. The van der Waals surface area contributed by atoms with Crippen LogP contribution in [0.5, 0.6) is 0 Å². The Morgan fingerprint density at radius 3 is 2.30 bits per heavy atom. The molecule has 1 saturated carbocycles. The topological polar surface area (TPSA) is 24.4 Å². The van der Waals surface area contributed by atoms with Gasteiger partial charge in [0.05, 0.1) is 12.4 Å². The highest BCUT2D eigenvalue weighted by Crippen LogP contribution is 2.37. The summed E-state index contributed by atoms with van der Waals surface area (Å²) in [7, 11) is 0. The van der Waals surface area contributed by atoms with Crippen LogP contribution in [-0.4, -0.2) is 18.9 Å². The van der Waals surface area contributed by atoms with Crippen molar-refractivity contribution in [1.29, 1.82) is 0 Å². The quantitative estimate of drug-likeness (QED) is 0.878. The van der Waals surface area contributed by atoms with Crippen molar-refractivity contribution < 1.29 is 0 Å². The second-order valence-electron chi connectivity index (χ2n) is 6.74. The molecule has 1 N–H and O–H groups in total. The van der Waals surface area contributed by atoms with E-state index in [1.54, 1.807) is 0 Å². The Morgan fingerprint density at radius 1 is 0.826 bits per heavy atom. The summed E-state index contributed by atoms with van der Waals surface area (Å²) in [5.74, 6) is 2.60. The first-order chi connectivity index (χ1) is 11.4. The molecule has 1 fully saturated rings. The molecule has 2 heteroatoms. The monoisotopic (exact) mass is 304 g/mol. The van der Waals surface area contributed by atoms with E-state index in [-0.39, 0.29) is 0 Å². The fourth-order valence-electron chi connectivity index (χ4n) is 4.01. The molecule has 2 atom stereocenters. The second-order valence-corrected chi connectivity index (χ2v) is 6.74. The fourth-order valence-corrected chi connectivity index (χ4v) is 4.01. The van der Waals surface area contributed by atoms with Crippen LogP contribution < -0.4 is 5.32 Å². The molecule has 2 nitrogen and oxygen atoms in total. The molecule has 1 aliphatic heterocycles. The lowest BCUT2D eigenvalue weighted by Crippen LogP contribution is -2.30. The summed E-state index contributed by atoms with van der Waals surface area (Å²) < 4.78 is 0. The van der Waals surface area contributed by atoms with Crippen LogP contribution in [0.4, 0.5) is 0 Å². The molecule has 2 aliphatic rings. The molecule has 0 saturated heterocycles. The van der Waals surface area contributed by atoms with Gasteiger partial charge in [0.15, 0.2) is 0 Å². The molecule has 23 heavy (non-hydrogen) atoms. The third-order valence-corrected chi connectivity index (χ3v) is 5.25. The third kappa shape index (κ3) is 3.17. The van der Waals surface area contributed by atoms with Gasteiger partial charge in [-0.1, -0.05) is 61.0 Å². The van der Waals surface area contributed by atoms with Gasteiger partial charge in [0.25, 0.3) is 0 Å². The zero-order valence-electron chi connectivity index (χ0n) is 13.5. The van der Waals surface area contributed by atoms with Crippen molar-refractivity contribution in [1.82, 2.24) is 5.32 Å². The molecule has 2 aromatic carbocycles. The molecular weight excluding hydrogens is 280 g/mol. The Balaban J connectivity index is 1.49. The van der Waals surface area contributed by atoms with Gasteiger partial charge >= 0.3 is 0 Å². The molecule has 0 aromatic heterocycles. The van der Waals surface area contributed by atoms with Crippen molar-refractivity contribution >= 4 is 5.84 Å². The van der Waals surface area contributed by atoms with Gasteiger partial charge in [0, 0.05) is 12.5 Å².